The lowest BCUT2D eigenvalue weighted by atomic mass is 9.95. The van der Waals surface area contributed by atoms with Crippen LogP contribution in [0.25, 0.3) is 10.8 Å². The number of benzene rings is 5. The van der Waals surface area contributed by atoms with Gasteiger partial charge in [-0.15, -0.1) is 0 Å². The molecule has 0 aromatic heterocycles. The number of nitrogens with one attached hydrogen (secondary N) is 3. The molecule has 3 unspecified atom stereocenters. The van der Waals surface area contributed by atoms with Gasteiger partial charge in [-0.3, -0.25) is 9.59 Å². The maximum Gasteiger partial charge on any atom is 0.238 e. The second-order valence-electron chi connectivity index (χ2n) is 11.2. The molecule has 9 nitrogen and oxygen atoms in total. The molecular formula is C37H37N3O6S. The number of methoxy groups -OCH3 is 1. The maximum atomic E-state index is 13.9. The highest BCUT2D eigenvalue weighted by Gasteiger charge is 2.31. The van der Waals surface area contributed by atoms with Crippen LogP contribution in [-0.4, -0.2) is 38.5 Å². The number of hydrogen-bond donors (Lipinski definition) is 4. The van der Waals surface area contributed by atoms with Gasteiger partial charge in [0.1, 0.15) is 17.9 Å². The Kier molecular flexibility index (Phi) is 11.0. The third-order valence-electron chi connectivity index (χ3n) is 7.74. The van der Waals surface area contributed by atoms with Gasteiger partial charge in [-0.05, 0) is 34.6 Å². The smallest absolute Gasteiger partial charge is 0.238 e. The van der Waals surface area contributed by atoms with E-state index in [-0.39, 0.29) is 18.6 Å². The third kappa shape index (κ3) is 9.04. The van der Waals surface area contributed by atoms with Gasteiger partial charge < -0.3 is 20.5 Å². The molecule has 4 N–H and O–H groups in total. The first kappa shape index (κ1) is 33.3. The predicted molar refractivity (Wildman–Crippen MR) is 183 cm³/mol. The molecule has 0 aliphatic heterocycles. The maximum absolute atomic E-state index is 13.9. The first-order valence-electron chi connectivity index (χ1n) is 15.2. The zero-order chi connectivity index (χ0) is 33.2. The molecule has 0 fully saturated rings. The molecule has 0 saturated heterocycles. The highest BCUT2D eigenvalue weighted by Crippen LogP contribution is 2.31. The number of amides is 2. The van der Waals surface area contributed by atoms with Gasteiger partial charge in [0.2, 0.25) is 21.8 Å². The summed E-state index contributed by atoms with van der Waals surface area (Å²) in [5, 5.41) is 18.8. The molecular weight excluding hydrogens is 614 g/mol. The molecule has 242 valence electrons. The van der Waals surface area contributed by atoms with E-state index in [1.54, 1.807) is 92.0 Å². The molecule has 0 spiro atoms. The van der Waals surface area contributed by atoms with Gasteiger partial charge in [0.25, 0.3) is 0 Å². The summed E-state index contributed by atoms with van der Waals surface area (Å²) >= 11 is 0. The van der Waals surface area contributed by atoms with Gasteiger partial charge in [0.05, 0.1) is 18.9 Å². The number of anilines is 1. The van der Waals surface area contributed by atoms with E-state index in [9.17, 15) is 23.1 Å². The van der Waals surface area contributed by atoms with E-state index >= 15 is 0 Å². The number of aliphatic hydroxyl groups excluding tert-OH is 1. The van der Waals surface area contributed by atoms with E-state index in [4.69, 9.17) is 4.74 Å². The number of carbonyl (C=O) groups is 2. The molecule has 0 saturated carbocycles. The molecule has 5 aromatic carbocycles. The number of carbonyl (C=O) groups excluding carboxylic acids is 2. The van der Waals surface area contributed by atoms with Gasteiger partial charge in [-0.1, -0.05) is 115 Å². The standard InChI is InChI=1S/C37H37N3O6S/c1-46-33-24-30(23-29-19-11-12-20-31(29)33)38-34(41)22-21-32(40-47(44,45)25-26-13-5-2-6-14-26)37(43)39-35(27-15-7-3-8-16-27)36(42)28-17-9-4-10-18-28/h2-20,23-24,32,35-36,40,42H,21-22,25H2,1H3,(H,38,41)(H,39,43). The molecule has 0 heterocycles. The van der Waals surface area contributed by atoms with Crippen molar-refractivity contribution in [3.8, 4) is 5.75 Å². The molecule has 3 atom stereocenters. The van der Waals surface area contributed by atoms with Crippen LogP contribution >= 0.6 is 0 Å². The fourth-order valence-corrected chi connectivity index (χ4v) is 6.79. The summed E-state index contributed by atoms with van der Waals surface area (Å²) in [6.07, 6.45) is -1.44. The van der Waals surface area contributed by atoms with Crippen molar-refractivity contribution in [2.75, 3.05) is 12.4 Å². The van der Waals surface area contributed by atoms with Crippen molar-refractivity contribution in [2.24, 2.45) is 0 Å². The molecule has 2 amide bonds. The van der Waals surface area contributed by atoms with Crippen molar-refractivity contribution in [3.05, 3.63) is 144 Å². The van der Waals surface area contributed by atoms with Crippen LogP contribution in [0.3, 0.4) is 0 Å². The topological polar surface area (TPSA) is 134 Å². The van der Waals surface area contributed by atoms with Crippen molar-refractivity contribution in [3.63, 3.8) is 0 Å². The Balaban J connectivity index is 1.37. The number of hydrogen-bond acceptors (Lipinski definition) is 6. The van der Waals surface area contributed by atoms with Gasteiger partial charge in [-0.2, -0.15) is 0 Å². The molecule has 0 aliphatic rings. The van der Waals surface area contributed by atoms with E-state index in [1.807, 2.05) is 42.5 Å². The molecule has 10 heteroatoms. The molecule has 47 heavy (non-hydrogen) atoms. The number of rotatable bonds is 14. The summed E-state index contributed by atoms with van der Waals surface area (Å²) < 4.78 is 34.6. The summed E-state index contributed by atoms with van der Waals surface area (Å²) in [6.45, 7) is 0. The van der Waals surface area contributed by atoms with Crippen LogP contribution in [0.4, 0.5) is 5.69 Å². The summed E-state index contributed by atoms with van der Waals surface area (Å²) in [7, 11) is -2.46. The Morgan fingerprint density at radius 2 is 1.38 bits per heavy atom. The van der Waals surface area contributed by atoms with Crippen molar-refractivity contribution < 1.29 is 27.9 Å². The van der Waals surface area contributed by atoms with Crippen LogP contribution in [0.1, 0.15) is 41.7 Å². The summed E-state index contributed by atoms with van der Waals surface area (Å²) in [5.41, 5.74) is 2.26. The zero-order valence-electron chi connectivity index (χ0n) is 25.9. The van der Waals surface area contributed by atoms with Crippen molar-refractivity contribution in [1.29, 1.82) is 0 Å². The van der Waals surface area contributed by atoms with Gasteiger partial charge in [0, 0.05) is 23.6 Å². The summed E-state index contributed by atoms with van der Waals surface area (Å²) in [6, 6.07) is 35.4. The number of aliphatic hydroxyl groups is 1. The van der Waals surface area contributed by atoms with Crippen LogP contribution in [0.2, 0.25) is 0 Å². The molecule has 0 aliphatic carbocycles. The lowest BCUT2D eigenvalue weighted by Gasteiger charge is -2.27. The Labute approximate surface area is 274 Å². The average molecular weight is 652 g/mol. The van der Waals surface area contributed by atoms with E-state index in [0.717, 1.165) is 10.8 Å². The molecule has 0 radical (unpaired) electrons. The Morgan fingerprint density at radius 1 is 0.787 bits per heavy atom. The fourth-order valence-electron chi connectivity index (χ4n) is 5.41. The zero-order valence-corrected chi connectivity index (χ0v) is 26.7. The third-order valence-corrected chi connectivity index (χ3v) is 9.10. The second kappa shape index (κ2) is 15.5. The normalized spacial score (nSPS) is 13.3. The highest BCUT2D eigenvalue weighted by atomic mass is 32.2. The van der Waals surface area contributed by atoms with Crippen molar-refractivity contribution in [2.45, 2.75) is 36.8 Å². The van der Waals surface area contributed by atoms with Crippen LogP contribution < -0.4 is 20.1 Å². The molecule has 5 aromatic rings. The van der Waals surface area contributed by atoms with Crippen LogP contribution in [-0.2, 0) is 25.4 Å². The lowest BCUT2D eigenvalue weighted by Crippen LogP contribution is -2.49. The Bertz CT molecular complexity index is 1900. The molecule has 0 bridgehead atoms. The largest absolute Gasteiger partial charge is 0.496 e. The van der Waals surface area contributed by atoms with E-state index in [1.165, 1.54) is 0 Å². The minimum Gasteiger partial charge on any atom is -0.496 e. The minimum atomic E-state index is -4.01. The Hall–Kier alpha value is -5.03. The van der Waals surface area contributed by atoms with Crippen LogP contribution in [0.15, 0.2) is 127 Å². The first-order chi connectivity index (χ1) is 22.7. The van der Waals surface area contributed by atoms with Gasteiger partial charge in [0.15, 0.2) is 0 Å². The Morgan fingerprint density at radius 3 is 2.04 bits per heavy atom. The van der Waals surface area contributed by atoms with Crippen LogP contribution in [0.5, 0.6) is 5.75 Å². The van der Waals surface area contributed by atoms with E-state index in [2.05, 4.69) is 15.4 Å². The highest BCUT2D eigenvalue weighted by molar-refractivity contribution is 7.88. The van der Waals surface area contributed by atoms with E-state index in [0.29, 0.717) is 28.1 Å². The quantitative estimate of drug-likeness (QED) is 0.123. The summed E-state index contributed by atoms with van der Waals surface area (Å²) in [4.78, 5) is 27.1. The first-order valence-corrected chi connectivity index (χ1v) is 16.9. The van der Waals surface area contributed by atoms with Crippen molar-refractivity contribution >= 4 is 38.3 Å². The lowest BCUT2D eigenvalue weighted by molar-refractivity contribution is -0.124. The predicted octanol–water partition coefficient (Wildman–Crippen LogP) is 5.65. The van der Waals surface area contributed by atoms with Gasteiger partial charge in [-0.25, -0.2) is 13.1 Å². The SMILES string of the molecule is COc1cc(NC(=O)CCC(NS(=O)(=O)Cc2ccccc2)C(=O)NC(c2ccccc2)C(O)c2ccccc2)cc2ccccc12. The molecule has 5 rings (SSSR count). The summed E-state index contributed by atoms with van der Waals surface area (Å²) in [5.74, 6) is -0.847. The average Bonchev–Trinajstić information content (AvgIpc) is 3.09. The second-order valence-corrected chi connectivity index (χ2v) is 12.9. The number of ether oxygens (including phenoxy) is 1. The van der Waals surface area contributed by atoms with Crippen molar-refractivity contribution in [1.82, 2.24) is 10.0 Å². The fraction of sp³-hybridized carbons (Fsp3) is 0.189. The minimum absolute atomic E-state index is 0.140. The van der Waals surface area contributed by atoms with E-state index < -0.39 is 40.0 Å². The number of sulfonamides is 1. The monoisotopic (exact) mass is 651 g/mol. The number of fused-ring (bicyclic) bond motifs is 1. The van der Waals surface area contributed by atoms with Gasteiger partial charge >= 0.3 is 0 Å². The van der Waals surface area contributed by atoms with Crippen LogP contribution in [0, 0.1) is 0 Å².